The molecule has 0 aromatic heterocycles. The van der Waals surface area contributed by atoms with Crippen molar-refractivity contribution in [2.75, 3.05) is 18.5 Å². The molecule has 0 radical (unpaired) electrons. The second-order valence-electron chi connectivity index (χ2n) is 9.64. The molecule has 1 aliphatic carbocycles. The molecule has 0 spiro atoms. The Morgan fingerprint density at radius 3 is 2.33 bits per heavy atom. The van der Waals surface area contributed by atoms with E-state index in [1.54, 1.807) is 11.9 Å². The van der Waals surface area contributed by atoms with Crippen molar-refractivity contribution in [3.63, 3.8) is 0 Å². The molecule has 33 heavy (non-hydrogen) atoms. The summed E-state index contributed by atoms with van der Waals surface area (Å²) in [6.07, 6.45) is 3.52. The molecule has 6 nitrogen and oxygen atoms in total. The smallest absolute Gasteiger partial charge is 0.253 e. The number of hydrogen-bond donors (Lipinski definition) is 2. The van der Waals surface area contributed by atoms with E-state index in [2.05, 4.69) is 24.5 Å². The third-order valence-electron chi connectivity index (χ3n) is 7.01. The fourth-order valence-electron chi connectivity index (χ4n) is 5.02. The van der Waals surface area contributed by atoms with Crippen molar-refractivity contribution >= 4 is 23.4 Å². The lowest BCUT2D eigenvalue weighted by molar-refractivity contribution is -0.145. The Labute approximate surface area is 195 Å². The van der Waals surface area contributed by atoms with Crippen LogP contribution in [0.3, 0.4) is 0 Å². The van der Waals surface area contributed by atoms with E-state index >= 15 is 0 Å². The van der Waals surface area contributed by atoms with Crippen LogP contribution in [0.2, 0.25) is 0 Å². The molecule has 2 aromatic carbocycles. The number of para-hydroxylation sites is 1. The van der Waals surface area contributed by atoms with E-state index in [0.717, 1.165) is 41.6 Å². The molecule has 0 bridgehead atoms. The number of fused-ring (bicyclic) bond motifs is 3. The normalized spacial score (nSPS) is 19.0. The molecular formula is C27H33N3O3. The Hall–Kier alpha value is -3.15. The van der Waals surface area contributed by atoms with Gasteiger partial charge in [-0.2, -0.15) is 0 Å². The highest BCUT2D eigenvalue weighted by atomic mass is 16.2. The molecule has 2 aromatic rings. The standard InChI is InChI=1S/C27H33N3O3/c1-18(2)14-17-28-25(32)27(15-8-9-16-27)26(33)29-23-21-12-5-4-10-19(21)20-11-6-7-13-22(20)30(3)24(23)31/h4-7,10-13,18,23H,8-9,14-17H2,1-3H3,(H,28,32)(H,29,33)/t23-/m0/s1. The second kappa shape index (κ2) is 9.38. The van der Waals surface area contributed by atoms with E-state index in [0.29, 0.717) is 25.3 Å². The van der Waals surface area contributed by atoms with Crippen molar-refractivity contribution in [2.24, 2.45) is 11.3 Å². The molecule has 3 amide bonds. The first-order chi connectivity index (χ1) is 15.8. The number of nitrogens with one attached hydrogen (secondary N) is 2. The zero-order valence-corrected chi connectivity index (χ0v) is 19.7. The number of hydrogen-bond acceptors (Lipinski definition) is 3. The van der Waals surface area contributed by atoms with Crippen molar-refractivity contribution in [2.45, 2.75) is 52.0 Å². The Morgan fingerprint density at radius 1 is 1.00 bits per heavy atom. The fraction of sp³-hybridized carbons (Fsp3) is 0.444. The second-order valence-corrected chi connectivity index (χ2v) is 9.64. The minimum atomic E-state index is -1.12. The van der Waals surface area contributed by atoms with Gasteiger partial charge in [0.1, 0.15) is 11.5 Å². The highest BCUT2D eigenvalue weighted by Crippen LogP contribution is 2.42. The predicted molar refractivity (Wildman–Crippen MR) is 130 cm³/mol. The molecule has 1 saturated carbocycles. The van der Waals surface area contributed by atoms with Gasteiger partial charge >= 0.3 is 0 Å². The van der Waals surface area contributed by atoms with E-state index in [9.17, 15) is 14.4 Å². The largest absolute Gasteiger partial charge is 0.355 e. The summed E-state index contributed by atoms with van der Waals surface area (Å²) >= 11 is 0. The average Bonchev–Trinajstić information content (AvgIpc) is 3.30. The van der Waals surface area contributed by atoms with Gasteiger partial charge in [-0.3, -0.25) is 14.4 Å². The third-order valence-corrected chi connectivity index (χ3v) is 7.01. The van der Waals surface area contributed by atoms with E-state index in [-0.39, 0.29) is 17.7 Å². The summed E-state index contributed by atoms with van der Waals surface area (Å²) in [5.41, 5.74) is 2.29. The maximum absolute atomic E-state index is 13.7. The van der Waals surface area contributed by atoms with Gasteiger partial charge in [0.2, 0.25) is 11.8 Å². The average molecular weight is 448 g/mol. The van der Waals surface area contributed by atoms with Gasteiger partial charge < -0.3 is 15.5 Å². The summed E-state index contributed by atoms with van der Waals surface area (Å²) < 4.78 is 0. The third kappa shape index (κ3) is 4.26. The molecule has 1 fully saturated rings. The van der Waals surface area contributed by atoms with Crippen molar-refractivity contribution in [1.82, 2.24) is 10.6 Å². The number of amides is 3. The number of carbonyl (C=O) groups excluding carboxylic acids is 3. The van der Waals surface area contributed by atoms with Gasteiger partial charge in [0.25, 0.3) is 5.91 Å². The molecular weight excluding hydrogens is 414 g/mol. The molecule has 1 heterocycles. The first-order valence-electron chi connectivity index (χ1n) is 11.9. The van der Waals surface area contributed by atoms with Crippen molar-refractivity contribution in [3.8, 4) is 11.1 Å². The SMILES string of the molecule is CC(C)CCNC(=O)C1(C(=O)N[C@@H]2C(=O)N(C)c3ccccc3-c3ccccc32)CCCC1. The Morgan fingerprint density at radius 2 is 1.64 bits per heavy atom. The minimum absolute atomic E-state index is 0.214. The Bertz CT molecular complexity index is 1060. The van der Waals surface area contributed by atoms with Gasteiger partial charge in [0.15, 0.2) is 0 Å². The zero-order valence-electron chi connectivity index (χ0n) is 19.7. The summed E-state index contributed by atoms with van der Waals surface area (Å²) in [5, 5.41) is 5.99. The predicted octanol–water partition coefficient (Wildman–Crippen LogP) is 4.21. The van der Waals surface area contributed by atoms with Crippen LogP contribution >= 0.6 is 0 Å². The highest BCUT2D eigenvalue weighted by molar-refractivity contribution is 6.09. The van der Waals surface area contributed by atoms with Crippen LogP contribution in [0.25, 0.3) is 11.1 Å². The summed E-state index contributed by atoms with van der Waals surface area (Å²) in [7, 11) is 1.73. The van der Waals surface area contributed by atoms with E-state index in [1.807, 2.05) is 48.5 Å². The van der Waals surface area contributed by atoms with Crippen LogP contribution in [0, 0.1) is 11.3 Å². The quantitative estimate of drug-likeness (QED) is 0.651. The van der Waals surface area contributed by atoms with E-state index < -0.39 is 11.5 Å². The highest BCUT2D eigenvalue weighted by Gasteiger charge is 2.49. The first kappa shape index (κ1) is 23.0. The van der Waals surface area contributed by atoms with Gasteiger partial charge in [0.05, 0.1) is 5.69 Å². The van der Waals surface area contributed by atoms with Crippen LogP contribution in [0.15, 0.2) is 48.5 Å². The summed E-state index contributed by atoms with van der Waals surface area (Å²) in [4.78, 5) is 42.0. The lowest BCUT2D eigenvalue weighted by atomic mass is 9.83. The Kier molecular flexibility index (Phi) is 6.54. The Balaban J connectivity index is 1.65. The molecule has 4 rings (SSSR count). The van der Waals surface area contributed by atoms with Crippen molar-refractivity contribution in [1.29, 1.82) is 0 Å². The molecule has 1 atom stereocenters. The van der Waals surface area contributed by atoms with Crippen LogP contribution in [0.4, 0.5) is 5.69 Å². The molecule has 0 unspecified atom stereocenters. The monoisotopic (exact) mass is 447 g/mol. The lowest BCUT2D eigenvalue weighted by Gasteiger charge is -2.30. The molecule has 2 N–H and O–H groups in total. The molecule has 174 valence electrons. The number of rotatable bonds is 6. The zero-order chi connectivity index (χ0) is 23.6. The van der Waals surface area contributed by atoms with Crippen LogP contribution in [-0.4, -0.2) is 31.3 Å². The van der Waals surface area contributed by atoms with E-state index in [1.165, 1.54) is 0 Å². The van der Waals surface area contributed by atoms with E-state index in [4.69, 9.17) is 0 Å². The molecule has 1 aliphatic heterocycles. The number of likely N-dealkylation sites (N-methyl/N-ethyl adjacent to an activating group) is 1. The summed E-state index contributed by atoms with van der Waals surface area (Å²) in [6, 6.07) is 14.6. The number of nitrogens with zero attached hydrogens (tertiary/aromatic N) is 1. The molecule has 0 saturated heterocycles. The number of anilines is 1. The maximum Gasteiger partial charge on any atom is 0.253 e. The van der Waals surface area contributed by atoms with Gasteiger partial charge in [-0.05, 0) is 42.4 Å². The number of benzene rings is 2. The van der Waals surface area contributed by atoms with Crippen LogP contribution in [-0.2, 0) is 14.4 Å². The topological polar surface area (TPSA) is 78.5 Å². The minimum Gasteiger partial charge on any atom is -0.355 e. The summed E-state index contributed by atoms with van der Waals surface area (Å²) in [5.74, 6) is -0.316. The van der Waals surface area contributed by atoms with Crippen LogP contribution in [0.5, 0.6) is 0 Å². The number of carbonyl (C=O) groups is 3. The summed E-state index contributed by atoms with van der Waals surface area (Å²) in [6.45, 7) is 4.76. The molecule has 2 aliphatic rings. The van der Waals surface area contributed by atoms with Crippen molar-refractivity contribution < 1.29 is 14.4 Å². The fourth-order valence-corrected chi connectivity index (χ4v) is 5.02. The molecule has 6 heteroatoms. The van der Waals surface area contributed by atoms with Crippen LogP contribution < -0.4 is 15.5 Å². The van der Waals surface area contributed by atoms with Crippen LogP contribution in [0.1, 0.15) is 57.6 Å². The van der Waals surface area contributed by atoms with Gasteiger partial charge in [-0.15, -0.1) is 0 Å². The van der Waals surface area contributed by atoms with Gasteiger partial charge in [-0.25, -0.2) is 0 Å². The lowest BCUT2D eigenvalue weighted by Crippen LogP contribution is -2.52. The van der Waals surface area contributed by atoms with Crippen molar-refractivity contribution in [3.05, 3.63) is 54.1 Å². The first-order valence-corrected chi connectivity index (χ1v) is 11.9. The van der Waals surface area contributed by atoms with Gasteiger partial charge in [-0.1, -0.05) is 69.2 Å². The maximum atomic E-state index is 13.7. The van der Waals surface area contributed by atoms with Gasteiger partial charge in [0, 0.05) is 19.2 Å².